The third-order valence-electron chi connectivity index (χ3n) is 3.69. The molecule has 1 fully saturated rings. The van der Waals surface area contributed by atoms with E-state index in [1.54, 1.807) is 0 Å². The fraction of sp³-hybridized carbons (Fsp3) is 0.412. The summed E-state index contributed by atoms with van der Waals surface area (Å²) in [5.74, 6) is 1.82. The van der Waals surface area contributed by atoms with Crippen molar-refractivity contribution in [2.24, 2.45) is 0 Å². The third kappa shape index (κ3) is 3.73. The number of ether oxygens (including phenoxy) is 1. The molecule has 0 bridgehead atoms. The second-order valence-corrected chi connectivity index (χ2v) is 5.57. The Labute approximate surface area is 124 Å². The van der Waals surface area contributed by atoms with E-state index in [0.717, 1.165) is 30.2 Å². The Bertz CT molecular complexity index is 593. The van der Waals surface area contributed by atoms with Crippen molar-refractivity contribution in [2.75, 3.05) is 26.3 Å². The molecule has 1 N–H and O–H groups in total. The Hall–Kier alpha value is -1.62. The zero-order valence-electron chi connectivity index (χ0n) is 12.3. The van der Waals surface area contributed by atoms with Crippen molar-refractivity contribution in [3.05, 3.63) is 47.7 Å². The monoisotopic (exact) mass is 287 g/mol. The van der Waals surface area contributed by atoms with Crippen LogP contribution < -0.4 is 0 Å². The van der Waals surface area contributed by atoms with Gasteiger partial charge in [0.1, 0.15) is 11.5 Å². The normalized spacial score (nSPS) is 20.4. The predicted octanol–water partition coefficient (Wildman–Crippen LogP) is 2.45. The van der Waals surface area contributed by atoms with E-state index in [1.807, 2.05) is 25.1 Å². The number of nitrogens with zero attached hydrogens (tertiary/aromatic N) is 1. The van der Waals surface area contributed by atoms with Gasteiger partial charge in [-0.15, -0.1) is 0 Å². The molecule has 1 aromatic heterocycles. The largest absolute Gasteiger partial charge is 0.461 e. The lowest BCUT2D eigenvalue weighted by molar-refractivity contribution is 0.0562. The molecule has 1 atom stereocenters. The van der Waals surface area contributed by atoms with E-state index >= 15 is 0 Å². The maximum atomic E-state index is 9.79. The van der Waals surface area contributed by atoms with Crippen molar-refractivity contribution in [3.63, 3.8) is 0 Å². The van der Waals surface area contributed by atoms with Crippen LogP contribution in [0.5, 0.6) is 0 Å². The summed E-state index contributed by atoms with van der Waals surface area (Å²) < 4.78 is 11.0. The fourth-order valence-electron chi connectivity index (χ4n) is 2.67. The molecule has 0 unspecified atom stereocenters. The number of aryl methyl sites for hydroxylation is 1. The van der Waals surface area contributed by atoms with E-state index in [9.17, 15) is 5.11 Å². The van der Waals surface area contributed by atoms with Crippen LogP contribution >= 0.6 is 0 Å². The van der Waals surface area contributed by atoms with Crippen LogP contribution in [0, 0.1) is 6.92 Å². The number of benzene rings is 1. The summed E-state index contributed by atoms with van der Waals surface area (Å²) in [5.41, 5.74) is 2.31. The predicted molar refractivity (Wildman–Crippen MR) is 81.0 cm³/mol. The molecule has 0 spiro atoms. The number of rotatable bonds is 3. The van der Waals surface area contributed by atoms with Crippen LogP contribution in [0.1, 0.15) is 11.3 Å². The van der Waals surface area contributed by atoms with E-state index in [-0.39, 0.29) is 0 Å². The minimum Gasteiger partial charge on any atom is -0.461 e. The van der Waals surface area contributed by atoms with Crippen molar-refractivity contribution in [1.82, 2.24) is 4.90 Å². The Morgan fingerprint density at radius 3 is 3.00 bits per heavy atom. The average molecular weight is 287 g/mol. The molecule has 21 heavy (non-hydrogen) atoms. The first-order valence-corrected chi connectivity index (χ1v) is 7.34. The van der Waals surface area contributed by atoms with E-state index in [1.165, 1.54) is 5.56 Å². The van der Waals surface area contributed by atoms with Gasteiger partial charge in [0.2, 0.25) is 0 Å². The molecule has 112 valence electrons. The summed E-state index contributed by atoms with van der Waals surface area (Å²) in [5, 5.41) is 9.79. The minimum atomic E-state index is -0.400. The van der Waals surface area contributed by atoms with Gasteiger partial charge in [-0.25, -0.2) is 0 Å². The highest BCUT2D eigenvalue weighted by molar-refractivity contribution is 5.58. The summed E-state index contributed by atoms with van der Waals surface area (Å²) in [7, 11) is 0. The van der Waals surface area contributed by atoms with Crippen LogP contribution in [0.3, 0.4) is 0 Å². The molecule has 4 nitrogen and oxygen atoms in total. The highest BCUT2D eigenvalue weighted by Gasteiger charge is 2.16. The SMILES string of the molecule is Cc1ccc(-c2cccc(CN3CCOC[C@@H](O)C3)c2)o1. The summed E-state index contributed by atoms with van der Waals surface area (Å²) in [6.45, 7) is 5.38. The molecule has 4 heteroatoms. The smallest absolute Gasteiger partial charge is 0.134 e. The Balaban J connectivity index is 1.73. The molecular formula is C17H21NO3. The lowest BCUT2D eigenvalue weighted by atomic mass is 10.1. The van der Waals surface area contributed by atoms with E-state index < -0.39 is 6.10 Å². The van der Waals surface area contributed by atoms with E-state index in [4.69, 9.17) is 9.15 Å². The van der Waals surface area contributed by atoms with E-state index in [0.29, 0.717) is 19.8 Å². The number of β-amino-alcohol motifs (C(OH)–C–C–N with tert-alkyl or cyclic N) is 1. The number of hydrogen-bond donors (Lipinski definition) is 1. The molecule has 1 aromatic carbocycles. The number of furan rings is 1. The molecule has 0 saturated carbocycles. The lowest BCUT2D eigenvalue weighted by Crippen LogP contribution is -2.32. The zero-order chi connectivity index (χ0) is 14.7. The average Bonchev–Trinajstić information content (AvgIpc) is 2.80. The zero-order valence-corrected chi connectivity index (χ0v) is 12.3. The van der Waals surface area contributed by atoms with Gasteiger partial charge in [-0.3, -0.25) is 4.90 Å². The van der Waals surface area contributed by atoms with Gasteiger partial charge in [0.05, 0.1) is 19.3 Å². The van der Waals surface area contributed by atoms with Gasteiger partial charge < -0.3 is 14.3 Å². The summed E-state index contributed by atoms with van der Waals surface area (Å²) in [6, 6.07) is 12.3. The van der Waals surface area contributed by atoms with Crippen molar-refractivity contribution >= 4 is 0 Å². The lowest BCUT2D eigenvalue weighted by Gasteiger charge is -2.21. The standard InChI is InChI=1S/C17H21NO3/c1-13-5-6-17(21-13)15-4-2-3-14(9-15)10-18-7-8-20-12-16(19)11-18/h2-6,9,16,19H,7-8,10-12H2,1H3/t16-/m0/s1. The Morgan fingerprint density at radius 1 is 1.29 bits per heavy atom. The Kier molecular flexibility index (Phi) is 4.39. The van der Waals surface area contributed by atoms with Gasteiger partial charge in [-0.2, -0.15) is 0 Å². The minimum absolute atomic E-state index is 0.400. The van der Waals surface area contributed by atoms with Crippen LogP contribution in [-0.4, -0.2) is 42.4 Å². The molecular weight excluding hydrogens is 266 g/mol. The molecule has 2 heterocycles. The molecule has 0 aliphatic carbocycles. The molecule has 2 aromatic rings. The summed E-state index contributed by atoms with van der Waals surface area (Å²) >= 11 is 0. The molecule has 1 aliphatic heterocycles. The van der Waals surface area contributed by atoms with Gasteiger partial charge in [-0.05, 0) is 30.7 Å². The van der Waals surface area contributed by atoms with Crippen LogP contribution in [-0.2, 0) is 11.3 Å². The molecule has 1 aliphatic rings. The van der Waals surface area contributed by atoms with Crippen LogP contribution in [0.15, 0.2) is 40.8 Å². The highest BCUT2D eigenvalue weighted by Crippen LogP contribution is 2.23. The third-order valence-corrected chi connectivity index (χ3v) is 3.69. The van der Waals surface area contributed by atoms with Gasteiger partial charge in [0, 0.05) is 25.2 Å². The number of aliphatic hydroxyl groups excluding tert-OH is 1. The topological polar surface area (TPSA) is 45.8 Å². The molecule has 0 amide bonds. The van der Waals surface area contributed by atoms with Gasteiger partial charge in [-0.1, -0.05) is 18.2 Å². The first kappa shape index (κ1) is 14.3. The van der Waals surface area contributed by atoms with Crippen LogP contribution in [0.25, 0.3) is 11.3 Å². The summed E-state index contributed by atoms with van der Waals surface area (Å²) in [4.78, 5) is 2.23. The highest BCUT2D eigenvalue weighted by atomic mass is 16.5. The first-order valence-electron chi connectivity index (χ1n) is 7.34. The van der Waals surface area contributed by atoms with Crippen molar-refractivity contribution < 1.29 is 14.3 Å². The second-order valence-electron chi connectivity index (χ2n) is 5.57. The molecule has 0 radical (unpaired) electrons. The van der Waals surface area contributed by atoms with Gasteiger partial charge in [0.25, 0.3) is 0 Å². The number of hydrogen-bond acceptors (Lipinski definition) is 4. The molecule has 3 rings (SSSR count). The van der Waals surface area contributed by atoms with Crippen molar-refractivity contribution in [1.29, 1.82) is 0 Å². The maximum absolute atomic E-state index is 9.79. The van der Waals surface area contributed by atoms with Crippen LogP contribution in [0.2, 0.25) is 0 Å². The van der Waals surface area contributed by atoms with E-state index in [2.05, 4.69) is 23.1 Å². The van der Waals surface area contributed by atoms with Gasteiger partial charge >= 0.3 is 0 Å². The maximum Gasteiger partial charge on any atom is 0.134 e. The molecule has 1 saturated heterocycles. The second kappa shape index (κ2) is 6.43. The van der Waals surface area contributed by atoms with Crippen molar-refractivity contribution in [2.45, 2.75) is 19.6 Å². The fourth-order valence-corrected chi connectivity index (χ4v) is 2.67. The first-order chi connectivity index (χ1) is 10.2. The number of aliphatic hydroxyl groups is 1. The Morgan fingerprint density at radius 2 is 2.19 bits per heavy atom. The van der Waals surface area contributed by atoms with Crippen molar-refractivity contribution in [3.8, 4) is 11.3 Å². The van der Waals surface area contributed by atoms with Crippen LogP contribution in [0.4, 0.5) is 0 Å². The quantitative estimate of drug-likeness (QED) is 0.942. The van der Waals surface area contributed by atoms with Gasteiger partial charge in [0.15, 0.2) is 0 Å². The summed E-state index contributed by atoms with van der Waals surface area (Å²) in [6.07, 6.45) is -0.400.